The van der Waals surface area contributed by atoms with Crippen LogP contribution in [0.5, 0.6) is 0 Å². The minimum absolute atomic E-state index is 0.186. The van der Waals surface area contributed by atoms with Crippen LogP contribution in [0.3, 0.4) is 0 Å². The number of rotatable bonds is 0. The van der Waals surface area contributed by atoms with E-state index in [2.05, 4.69) is 12.2 Å². The first-order chi connectivity index (χ1) is 8.24. The van der Waals surface area contributed by atoms with Gasteiger partial charge in [-0.05, 0) is 37.5 Å². The van der Waals surface area contributed by atoms with E-state index in [-0.39, 0.29) is 23.8 Å². The summed E-state index contributed by atoms with van der Waals surface area (Å²) < 4.78 is 4.78. The van der Waals surface area contributed by atoms with Crippen LogP contribution in [-0.2, 0) is 14.3 Å². The van der Waals surface area contributed by atoms with Gasteiger partial charge in [0.25, 0.3) is 0 Å². The standard InChI is InChI=1S/C14H14O3/c15-13-11-5-9-7-1-2-8(4-3-7)10(9)6-12(11)14(16)17-13/h1-2,7-8,11-12H,3-6H2. The minimum atomic E-state index is -0.294. The molecule has 1 heterocycles. The Hall–Kier alpha value is -1.38. The van der Waals surface area contributed by atoms with Crippen molar-refractivity contribution in [2.45, 2.75) is 25.7 Å². The molecule has 0 radical (unpaired) electrons. The molecule has 4 unspecified atom stereocenters. The van der Waals surface area contributed by atoms with Gasteiger partial charge in [-0.3, -0.25) is 9.59 Å². The summed E-state index contributed by atoms with van der Waals surface area (Å²) in [5.74, 6) is 0.0934. The van der Waals surface area contributed by atoms with E-state index in [0.717, 1.165) is 12.8 Å². The van der Waals surface area contributed by atoms with Crippen LogP contribution >= 0.6 is 0 Å². The average molecular weight is 230 g/mol. The Morgan fingerprint density at radius 1 is 0.882 bits per heavy atom. The number of carbonyl (C=O) groups excluding carboxylic acids is 2. The molecule has 0 aromatic carbocycles. The second-order valence-corrected chi connectivity index (χ2v) is 5.59. The second kappa shape index (κ2) is 3.09. The van der Waals surface area contributed by atoms with Gasteiger partial charge in [0.05, 0.1) is 11.8 Å². The van der Waals surface area contributed by atoms with Crippen LogP contribution in [0, 0.1) is 23.7 Å². The maximum absolute atomic E-state index is 11.6. The van der Waals surface area contributed by atoms with E-state index >= 15 is 0 Å². The van der Waals surface area contributed by atoms with Gasteiger partial charge in [-0.1, -0.05) is 23.3 Å². The highest BCUT2D eigenvalue weighted by molar-refractivity contribution is 5.97. The van der Waals surface area contributed by atoms with Crippen molar-refractivity contribution in [1.29, 1.82) is 0 Å². The quantitative estimate of drug-likeness (QED) is 0.363. The van der Waals surface area contributed by atoms with Gasteiger partial charge in [0, 0.05) is 0 Å². The van der Waals surface area contributed by atoms with Crippen LogP contribution in [0.1, 0.15) is 25.7 Å². The van der Waals surface area contributed by atoms with Crippen LogP contribution in [0.2, 0.25) is 0 Å². The first-order valence-corrected chi connectivity index (χ1v) is 6.39. The minimum Gasteiger partial charge on any atom is -0.393 e. The SMILES string of the molecule is O=C1OC(=O)C2CC3=C(CC12)C1C=CC3CC1. The molecule has 3 nitrogen and oxygen atoms in total. The third kappa shape index (κ3) is 1.17. The maximum Gasteiger partial charge on any atom is 0.317 e. The number of ether oxygens (including phenoxy) is 1. The molecule has 5 rings (SSSR count). The fourth-order valence-electron chi connectivity index (χ4n) is 3.95. The highest BCUT2D eigenvalue weighted by atomic mass is 16.6. The van der Waals surface area contributed by atoms with E-state index in [4.69, 9.17) is 4.74 Å². The third-order valence-electron chi connectivity index (χ3n) is 4.84. The second-order valence-electron chi connectivity index (χ2n) is 5.59. The van der Waals surface area contributed by atoms with E-state index < -0.39 is 0 Å². The molecule has 4 atom stereocenters. The fraction of sp³-hybridized carbons (Fsp3) is 0.571. The van der Waals surface area contributed by atoms with Gasteiger partial charge in [0.1, 0.15) is 0 Å². The summed E-state index contributed by atoms with van der Waals surface area (Å²) in [4.78, 5) is 23.2. The Kier molecular flexibility index (Phi) is 1.75. The van der Waals surface area contributed by atoms with Crippen molar-refractivity contribution in [2.24, 2.45) is 23.7 Å². The highest BCUT2D eigenvalue weighted by Crippen LogP contribution is 2.51. The Bertz CT molecular complexity index is 444. The molecule has 1 fully saturated rings. The molecule has 4 aliphatic carbocycles. The van der Waals surface area contributed by atoms with Crippen molar-refractivity contribution in [2.75, 3.05) is 0 Å². The molecular weight excluding hydrogens is 216 g/mol. The monoisotopic (exact) mass is 230 g/mol. The van der Waals surface area contributed by atoms with Crippen LogP contribution in [0.25, 0.3) is 0 Å². The van der Waals surface area contributed by atoms with E-state index in [0.29, 0.717) is 11.8 Å². The largest absolute Gasteiger partial charge is 0.393 e. The number of esters is 2. The van der Waals surface area contributed by atoms with Crippen molar-refractivity contribution in [3.63, 3.8) is 0 Å². The van der Waals surface area contributed by atoms with Crippen LogP contribution in [0.15, 0.2) is 23.3 Å². The molecule has 1 saturated heterocycles. The summed E-state index contributed by atoms with van der Waals surface area (Å²) in [6, 6.07) is 0. The van der Waals surface area contributed by atoms with Crippen LogP contribution < -0.4 is 0 Å². The Labute approximate surface area is 99.5 Å². The molecule has 5 aliphatic rings. The third-order valence-corrected chi connectivity index (χ3v) is 4.84. The number of hydrogen-bond acceptors (Lipinski definition) is 3. The molecule has 88 valence electrons. The molecule has 0 amide bonds. The Morgan fingerprint density at radius 2 is 1.35 bits per heavy atom. The highest BCUT2D eigenvalue weighted by Gasteiger charge is 2.50. The lowest BCUT2D eigenvalue weighted by Gasteiger charge is -2.40. The predicted octanol–water partition coefficient (Wildman–Crippen LogP) is 1.99. The molecule has 0 aromatic heterocycles. The normalized spacial score (nSPS) is 42.6. The average Bonchev–Trinajstić information content (AvgIpc) is 2.65. The lowest BCUT2D eigenvalue weighted by atomic mass is 9.63. The van der Waals surface area contributed by atoms with E-state index in [1.807, 2.05) is 0 Å². The first kappa shape index (κ1) is 9.63. The Balaban J connectivity index is 1.75. The van der Waals surface area contributed by atoms with Gasteiger partial charge >= 0.3 is 11.9 Å². The van der Waals surface area contributed by atoms with E-state index in [1.54, 1.807) is 0 Å². The number of allylic oxidation sites excluding steroid dienone is 4. The van der Waals surface area contributed by atoms with Crippen molar-refractivity contribution in [3.8, 4) is 0 Å². The molecule has 0 spiro atoms. The van der Waals surface area contributed by atoms with Gasteiger partial charge in [-0.2, -0.15) is 0 Å². The molecule has 2 bridgehead atoms. The lowest BCUT2D eigenvalue weighted by Crippen LogP contribution is -2.32. The number of carbonyl (C=O) groups is 2. The smallest absolute Gasteiger partial charge is 0.317 e. The van der Waals surface area contributed by atoms with Gasteiger partial charge in [0.2, 0.25) is 0 Å². The fourth-order valence-corrected chi connectivity index (χ4v) is 3.95. The van der Waals surface area contributed by atoms with Gasteiger partial charge in [0.15, 0.2) is 0 Å². The van der Waals surface area contributed by atoms with Crippen LogP contribution in [-0.4, -0.2) is 11.9 Å². The number of fused-ring (bicyclic) bond motifs is 2. The summed E-state index contributed by atoms with van der Waals surface area (Å²) >= 11 is 0. The van der Waals surface area contributed by atoms with Crippen molar-refractivity contribution >= 4 is 11.9 Å². The van der Waals surface area contributed by atoms with Crippen molar-refractivity contribution in [3.05, 3.63) is 23.3 Å². The summed E-state index contributed by atoms with van der Waals surface area (Å²) in [5, 5.41) is 0. The zero-order valence-electron chi connectivity index (χ0n) is 9.52. The molecule has 3 heteroatoms. The van der Waals surface area contributed by atoms with Crippen molar-refractivity contribution < 1.29 is 14.3 Å². The summed E-state index contributed by atoms with van der Waals surface area (Å²) in [6.45, 7) is 0. The van der Waals surface area contributed by atoms with Crippen LogP contribution in [0.4, 0.5) is 0 Å². The zero-order valence-corrected chi connectivity index (χ0v) is 9.52. The van der Waals surface area contributed by atoms with Gasteiger partial charge in [-0.15, -0.1) is 0 Å². The molecule has 1 aliphatic heterocycles. The summed E-state index contributed by atoms with van der Waals surface area (Å²) in [7, 11) is 0. The predicted molar refractivity (Wildman–Crippen MR) is 59.7 cm³/mol. The summed E-state index contributed by atoms with van der Waals surface area (Å²) in [6.07, 6.45) is 8.51. The Morgan fingerprint density at radius 3 is 1.76 bits per heavy atom. The lowest BCUT2D eigenvalue weighted by molar-refractivity contribution is -0.153. The topological polar surface area (TPSA) is 43.4 Å². The zero-order chi connectivity index (χ0) is 11.6. The molecular formula is C14H14O3. The van der Waals surface area contributed by atoms with Crippen molar-refractivity contribution in [1.82, 2.24) is 0 Å². The molecule has 0 N–H and O–H groups in total. The van der Waals surface area contributed by atoms with Gasteiger partial charge < -0.3 is 4.74 Å². The first-order valence-electron chi connectivity index (χ1n) is 6.39. The number of cyclic esters (lactones) is 2. The molecule has 17 heavy (non-hydrogen) atoms. The van der Waals surface area contributed by atoms with E-state index in [1.165, 1.54) is 24.0 Å². The molecule has 0 aromatic rings. The molecule has 0 saturated carbocycles. The summed E-state index contributed by atoms with van der Waals surface area (Å²) in [5.41, 5.74) is 2.88. The maximum atomic E-state index is 11.6. The van der Waals surface area contributed by atoms with E-state index in [9.17, 15) is 9.59 Å². The number of hydrogen-bond donors (Lipinski definition) is 0. The van der Waals surface area contributed by atoms with Gasteiger partial charge in [-0.25, -0.2) is 0 Å².